The van der Waals surface area contributed by atoms with E-state index in [1.54, 1.807) is 18.2 Å². The Bertz CT molecular complexity index is 657. The number of ether oxygens (including phenoxy) is 1. The number of esters is 1. The number of methoxy groups -OCH3 is 1. The average molecular weight is 296 g/mol. The summed E-state index contributed by atoms with van der Waals surface area (Å²) in [5, 5.41) is 0. The highest BCUT2D eigenvalue weighted by Gasteiger charge is 2.17. The smallest absolute Gasteiger partial charge is 0.322 e. The molecule has 0 saturated heterocycles. The fourth-order valence-corrected chi connectivity index (χ4v) is 2.47. The lowest BCUT2D eigenvalue weighted by Gasteiger charge is -2.08. The largest absolute Gasteiger partial charge is 0.468 e. The number of hydrogen-bond acceptors (Lipinski definition) is 5. The van der Waals surface area contributed by atoms with Crippen LogP contribution in [0.3, 0.4) is 0 Å². The minimum Gasteiger partial charge on any atom is -0.468 e. The highest BCUT2D eigenvalue weighted by molar-refractivity contribution is 7.93. The van der Waals surface area contributed by atoms with Gasteiger partial charge >= 0.3 is 5.97 Å². The molecule has 1 rings (SSSR count). The van der Waals surface area contributed by atoms with Crippen LogP contribution in [-0.2, 0) is 19.6 Å². The van der Waals surface area contributed by atoms with Gasteiger partial charge in [-0.2, -0.15) is 0 Å². The summed E-state index contributed by atoms with van der Waals surface area (Å²) in [6.45, 7) is 2.03. The number of benzene rings is 1. The maximum atomic E-state index is 11.7. The van der Waals surface area contributed by atoms with Crippen molar-refractivity contribution < 1.29 is 17.9 Å². The molecule has 0 fully saturated rings. The Kier molecular flexibility index (Phi) is 5.55. The third-order valence-electron chi connectivity index (χ3n) is 2.22. The summed E-state index contributed by atoms with van der Waals surface area (Å²) < 4.78 is 30.1. The van der Waals surface area contributed by atoms with Crippen molar-refractivity contribution >= 4 is 21.7 Å². The van der Waals surface area contributed by atoms with Crippen molar-refractivity contribution in [2.75, 3.05) is 24.1 Å². The second-order valence-corrected chi connectivity index (χ2v) is 5.75. The van der Waals surface area contributed by atoms with Crippen molar-refractivity contribution in [2.45, 2.75) is 6.92 Å². The van der Waals surface area contributed by atoms with Crippen molar-refractivity contribution in [1.82, 2.24) is 0 Å². The quantitative estimate of drug-likeness (QED) is 0.612. The summed E-state index contributed by atoms with van der Waals surface area (Å²) >= 11 is 0. The third-order valence-corrected chi connectivity index (χ3v) is 3.38. The van der Waals surface area contributed by atoms with Gasteiger partial charge in [0.25, 0.3) is 0 Å². The van der Waals surface area contributed by atoms with E-state index in [2.05, 4.69) is 21.3 Å². The highest BCUT2D eigenvalue weighted by Crippen LogP contribution is 2.15. The molecule has 108 valence electrons. The lowest BCUT2D eigenvalue weighted by atomic mass is 10.1. The van der Waals surface area contributed by atoms with Gasteiger partial charge in [-0.1, -0.05) is 11.8 Å². The molecule has 20 heavy (non-hydrogen) atoms. The van der Waals surface area contributed by atoms with Gasteiger partial charge in [-0.15, -0.1) is 0 Å². The lowest BCUT2D eigenvalue weighted by Crippen LogP contribution is -2.23. The summed E-state index contributed by atoms with van der Waals surface area (Å²) in [6, 6.07) is 5.02. The molecule has 0 unspecified atom stereocenters. The zero-order valence-electron chi connectivity index (χ0n) is 11.3. The van der Waals surface area contributed by atoms with Crippen LogP contribution in [0.2, 0.25) is 0 Å². The van der Waals surface area contributed by atoms with E-state index in [0.717, 1.165) is 12.7 Å². The van der Waals surface area contributed by atoms with Crippen LogP contribution < -0.4 is 10.5 Å². The summed E-state index contributed by atoms with van der Waals surface area (Å²) in [5.74, 6) is 3.95. The summed E-state index contributed by atoms with van der Waals surface area (Å²) in [6.07, 6.45) is 0. The molecule has 0 atom stereocenters. The van der Waals surface area contributed by atoms with Crippen LogP contribution in [0.15, 0.2) is 18.2 Å². The zero-order valence-corrected chi connectivity index (χ0v) is 12.1. The van der Waals surface area contributed by atoms with Crippen LogP contribution in [-0.4, -0.2) is 33.8 Å². The maximum Gasteiger partial charge on any atom is 0.322 e. The van der Waals surface area contributed by atoms with Crippen LogP contribution >= 0.6 is 0 Å². The molecule has 0 aromatic heterocycles. The topological polar surface area (TPSA) is 98.5 Å². The molecule has 0 aliphatic heterocycles. The van der Waals surface area contributed by atoms with Crippen molar-refractivity contribution in [3.8, 4) is 11.8 Å². The van der Waals surface area contributed by atoms with Gasteiger partial charge in [0.2, 0.25) is 10.0 Å². The Morgan fingerprint density at radius 3 is 2.70 bits per heavy atom. The van der Waals surface area contributed by atoms with Gasteiger partial charge in [0.1, 0.15) is 0 Å². The van der Waals surface area contributed by atoms with Gasteiger partial charge in [0, 0.05) is 11.3 Å². The first-order valence-electron chi connectivity index (χ1n) is 5.74. The number of aryl methyl sites for hydroxylation is 1. The normalized spacial score (nSPS) is 10.3. The number of nitrogens with two attached hydrogens (primary N) is 1. The Labute approximate surface area is 118 Å². The van der Waals surface area contributed by atoms with Crippen LogP contribution in [0.25, 0.3) is 0 Å². The first kappa shape index (κ1) is 16.0. The average Bonchev–Trinajstić information content (AvgIpc) is 2.34. The SMILES string of the molecule is COC(=O)CS(=O)(=O)Nc1cc(C)cc(C#CCN)c1. The minimum atomic E-state index is -3.80. The second kappa shape index (κ2) is 6.93. The van der Waals surface area contributed by atoms with Crippen LogP contribution in [0.4, 0.5) is 5.69 Å². The molecule has 0 saturated carbocycles. The van der Waals surface area contributed by atoms with Crippen molar-refractivity contribution in [3.63, 3.8) is 0 Å². The molecular weight excluding hydrogens is 280 g/mol. The van der Waals surface area contributed by atoms with Gasteiger partial charge < -0.3 is 10.5 Å². The predicted molar refractivity (Wildman–Crippen MR) is 76.5 cm³/mol. The molecule has 0 radical (unpaired) electrons. The maximum absolute atomic E-state index is 11.7. The third kappa shape index (κ3) is 5.30. The molecule has 7 heteroatoms. The molecule has 0 bridgehead atoms. The molecule has 0 spiro atoms. The number of sulfonamides is 1. The predicted octanol–water partition coefficient (Wildman–Crippen LogP) is 0.220. The molecule has 3 N–H and O–H groups in total. The van der Waals surface area contributed by atoms with E-state index in [-0.39, 0.29) is 6.54 Å². The summed E-state index contributed by atoms with van der Waals surface area (Å²) in [7, 11) is -2.67. The Morgan fingerprint density at radius 2 is 2.10 bits per heavy atom. The van der Waals surface area contributed by atoms with Gasteiger partial charge in [-0.25, -0.2) is 8.42 Å². The Morgan fingerprint density at radius 1 is 1.40 bits per heavy atom. The molecular formula is C13H16N2O4S. The second-order valence-electron chi connectivity index (χ2n) is 4.03. The van der Waals surface area contributed by atoms with Gasteiger partial charge in [0.05, 0.1) is 13.7 Å². The number of carbonyl (C=O) groups excluding carboxylic acids is 1. The van der Waals surface area contributed by atoms with E-state index < -0.39 is 21.7 Å². The first-order chi connectivity index (χ1) is 9.36. The van der Waals surface area contributed by atoms with E-state index in [4.69, 9.17) is 5.73 Å². The Hall–Kier alpha value is -2.04. The first-order valence-corrected chi connectivity index (χ1v) is 7.39. The number of nitrogens with one attached hydrogen (secondary N) is 1. The van der Waals surface area contributed by atoms with Gasteiger partial charge in [-0.3, -0.25) is 9.52 Å². The van der Waals surface area contributed by atoms with Crippen LogP contribution in [0.1, 0.15) is 11.1 Å². The van der Waals surface area contributed by atoms with E-state index in [1.807, 2.05) is 6.92 Å². The lowest BCUT2D eigenvalue weighted by molar-refractivity contribution is -0.137. The van der Waals surface area contributed by atoms with E-state index in [1.165, 1.54) is 0 Å². The summed E-state index contributed by atoms with van der Waals surface area (Å²) in [4.78, 5) is 11.0. The van der Waals surface area contributed by atoms with E-state index >= 15 is 0 Å². The fourth-order valence-electron chi connectivity index (χ4n) is 1.50. The number of carbonyl (C=O) groups is 1. The Balaban J connectivity index is 2.97. The number of hydrogen-bond donors (Lipinski definition) is 2. The van der Waals surface area contributed by atoms with Crippen molar-refractivity contribution in [1.29, 1.82) is 0 Å². The van der Waals surface area contributed by atoms with Crippen LogP contribution in [0.5, 0.6) is 0 Å². The zero-order chi connectivity index (χ0) is 15.2. The van der Waals surface area contributed by atoms with Crippen LogP contribution in [0, 0.1) is 18.8 Å². The molecule has 0 heterocycles. The van der Waals surface area contributed by atoms with E-state index in [0.29, 0.717) is 11.3 Å². The van der Waals surface area contributed by atoms with E-state index in [9.17, 15) is 13.2 Å². The summed E-state index contributed by atoms with van der Waals surface area (Å²) in [5.41, 5.74) is 7.11. The molecule has 0 amide bonds. The van der Waals surface area contributed by atoms with Gasteiger partial charge in [0.15, 0.2) is 5.75 Å². The van der Waals surface area contributed by atoms with Crippen molar-refractivity contribution in [2.24, 2.45) is 5.73 Å². The molecule has 1 aromatic rings. The fraction of sp³-hybridized carbons (Fsp3) is 0.308. The highest BCUT2D eigenvalue weighted by atomic mass is 32.2. The molecule has 0 aliphatic carbocycles. The van der Waals surface area contributed by atoms with Gasteiger partial charge in [-0.05, 0) is 30.7 Å². The molecule has 1 aromatic carbocycles. The molecule has 0 aliphatic rings. The standard InChI is InChI=1S/C13H16N2O4S/c1-10-6-11(4-3-5-14)8-12(7-10)15-20(17,18)9-13(16)19-2/h6-8,15H,5,9,14H2,1-2H3. The number of rotatable bonds is 4. The monoisotopic (exact) mass is 296 g/mol. The molecule has 6 nitrogen and oxygen atoms in total. The van der Waals surface area contributed by atoms with Crippen molar-refractivity contribution in [3.05, 3.63) is 29.3 Å². The number of anilines is 1. The minimum absolute atomic E-state index is 0.220.